The SMILES string of the molecule is O=C1c2ccccc2-n2c1nc1cccc(P(=O)(O)O)c1c2=O. The van der Waals surface area contributed by atoms with Crippen LogP contribution in [0.25, 0.3) is 16.6 Å². The van der Waals surface area contributed by atoms with Crippen LogP contribution in [0, 0.1) is 0 Å². The number of hydrogen-bond acceptors (Lipinski definition) is 4. The number of benzene rings is 2. The largest absolute Gasteiger partial charge is 0.357 e. The van der Waals surface area contributed by atoms with Crippen LogP contribution in [-0.2, 0) is 4.57 Å². The third kappa shape index (κ3) is 1.85. The predicted molar refractivity (Wildman–Crippen MR) is 82.5 cm³/mol. The molecule has 3 aromatic rings. The Morgan fingerprint density at radius 2 is 1.74 bits per heavy atom. The molecule has 1 aromatic heterocycles. The summed E-state index contributed by atoms with van der Waals surface area (Å²) < 4.78 is 12.8. The van der Waals surface area contributed by atoms with E-state index in [1.807, 2.05) is 0 Å². The summed E-state index contributed by atoms with van der Waals surface area (Å²) in [5.41, 5.74) is 0.128. The monoisotopic (exact) mass is 328 g/mol. The lowest BCUT2D eigenvalue weighted by molar-refractivity contribution is 0.103. The van der Waals surface area contributed by atoms with Gasteiger partial charge in [-0.05, 0) is 24.3 Å². The van der Waals surface area contributed by atoms with Gasteiger partial charge in [-0.2, -0.15) is 0 Å². The first-order valence-electron chi connectivity index (χ1n) is 6.65. The van der Waals surface area contributed by atoms with E-state index in [2.05, 4.69) is 4.98 Å². The summed E-state index contributed by atoms with van der Waals surface area (Å²) in [5.74, 6) is -0.437. The number of rotatable bonds is 1. The van der Waals surface area contributed by atoms with Crippen molar-refractivity contribution in [2.24, 2.45) is 0 Å². The van der Waals surface area contributed by atoms with Crippen molar-refractivity contribution in [2.75, 3.05) is 0 Å². The molecule has 0 saturated heterocycles. The molecule has 7 nitrogen and oxygen atoms in total. The molecule has 0 aliphatic carbocycles. The third-order valence-corrected chi connectivity index (χ3v) is 4.78. The van der Waals surface area contributed by atoms with Crippen molar-refractivity contribution < 1.29 is 19.1 Å². The predicted octanol–water partition coefficient (Wildman–Crippen LogP) is 0.733. The molecule has 0 atom stereocenters. The Hall–Kier alpha value is -2.60. The minimum Gasteiger partial charge on any atom is -0.321 e. The first-order chi connectivity index (χ1) is 10.9. The summed E-state index contributed by atoms with van der Waals surface area (Å²) in [6.45, 7) is 0. The van der Waals surface area contributed by atoms with Gasteiger partial charge in [-0.25, -0.2) is 4.98 Å². The van der Waals surface area contributed by atoms with E-state index >= 15 is 0 Å². The van der Waals surface area contributed by atoms with Crippen LogP contribution in [-0.4, -0.2) is 25.1 Å². The molecule has 8 heteroatoms. The lowest BCUT2D eigenvalue weighted by Crippen LogP contribution is -2.26. The highest BCUT2D eigenvalue weighted by Gasteiger charge is 2.32. The Morgan fingerprint density at radius 3 is 2.48 bits per heavy atom. The van der Waals surface area contributed by atoms with Crippen molar-refractivity contribution in [1.29, 1.82) is 0 Å². The maximum Gasteiger partial charge on any atom is 0.357 e. The van der Waals surface area contributed by atoms with E-state index in [0.717, 1.165) is 4.57 Å². The van der Waals surface area contributed by atoms with Crippen LogP contribution in [0.2, 0.25) is 0 Å². The molecule has 2 aromatic carbocycles. The average Bonchev–Trinajstić information content (AvgIpc) is 2.80. The Labute approximate surface area is 129 Å². The average molecular weight is 328 g/mol. The zero-order valence-electron chi connectivity index (χ0n) is 11.5. The van der Waals surface area contributed by atoms with Gasteiger partial charge in [0.05, 0.1) is 27.5 Å². The molecule has 0 fully saturated rings. The first kappa shape index (κ1) is 14.0. The molecule has 0 bridgehead atoms. The molecular weight excluding hydrogens is 319 g/mol. The smallest absolute Gasteiger partial charge is 0.321 e. The Bertz CT molecular complexity index is 1110. The summed E-state index contributed by atoms with van der Waals surface area (Å²) >= 11 is 0. The highest BCUT2D eigenvalue weighted by molar-refractivity contribution is 7.60. The van der Waals surface area contributed by atoms with E-state index in [-0.39, 0.29) is 27.8 Å². The third-order valence-electron chi connectivity index (χ3n) is 3.78. The van der Waals surface area contributed by atoms with Gasteiger partial charge in [0.25, 0.3) is 5.56 Å². The normalized spacial score (nSPS) is 13.2. The number of carbonyl (C=O) groups excluding carboxylic acids is 1. The van der Waals surface area contributed by atoms with E-state index in [1.165, 1.54) is 18.2 Å². The zero-order chi connectivity index (χ0) is 16.4. The summed E-state index contributed by atoms with van der Waals surface area (Å²) in [7, 11) is -4.65. The van der Waals surface area contributed by atoms with Crippen LogP contribution in [0.4, 0.5) is 0 Å². The molecule has 4 rings (SSSR count). The van der Waals surface area contributed by atoms with Crippen molar-refractivity contribution in [1.82, 2.24) is 9.55 Å². The van der Waals surface area contributed by atoms with Crippen LogP contribution in [0.3, 0.4) is 0 Å². The van der Waals surface area contributed by atoms with Gasteiger partial charge in [0.1, 0.15) is 0 Å². The molecule has 1 aliphatic heterocycles. The molecule has 0 amide bonds. The summed E-state index contributed by atoms with van der Waals surface area (Å²) in [4.78, 5) is 48.3. The molecule has 0 saturated carbocycles. The van der Waals surface area contributed by atoms with Crippen molar-refractivity contribution in [3.8, 4) is 5.69 Å². The lowest BCUT2D eigenvalue weighted by atomic mass is 10.1. The van der Waals surface area contributed by atoms with E-state index in [0.29, 0.717) is 11.3 Å². The number of hydrogen-bond donors (Lipinski definition) is 2. The van der Waals surface area contributed by atoms with E-state index in [4.69, 9.17) is 0 Å². The Balaban J connectivity index is 2.22. The molecule has 0 radical (unpaired) electrons. The van der Waals surface area contributed by atoms with Crippen molar-refractivity contribution in [3.63, 3.8) is 0 Å². The van der Waals surface area contributed by atoms with Crippen LogP contribution in [0.1, 0.15) is 16.2 Å². The molecule has 0 unspecified atom stereocenters. The number of fused-ring (bicyclic) bond motifs is 4. The molecule has 23 heavy (non-hydrogen) atoms. The van der Waals surface area contributed by atoms with Crippen molar-refractivity contribution in [2.45, 2.75) is 0 Å². The van der Waals surface area contributed by atoms with Crippen LogP contribution in [0.15, 0.2) is 47.3 Å². The minimum atomic E-state index is -4.65. The first-order valence-corrected chi connectivity index (χ1v) is 8.27. The zero-order valence-corrected chi connectivity index (χ0v) is 12.4. The quantitative estimate of drug-likeness (QED) is 0.499. The maximum atomic E-state index is 12.8. The van der Waals surface area contributed by atoms with Gasteiger partial charge in [-0.15, -0.1) is 0 Å². The fourth-order valence-electron chi connectivity index (χ4n) is 2.81. The highest BCUT2D eigenvalue weighted by atomic mass is 31.2. The van der Waals surface area contributed by atoms with Gasteiger partial charge >= 0.3 is 7.60 Å². The topological polar surface area (TPSA) is 109 Å². The molecule has 0 spiro atoms. The summed E-state index contributed by atoms with van der Waals surface area (Å²) in [6.07, 6.45) is 0. The fraction of sp³-hybridized carbons (Fsp3) is 0. The number of aromatic nitrogens is 2. The molecular formula is C15H9N2O5P. The second-order valence-corrected chi connectivity index (χ2v) is 6.71. The van der Waals surface area contributed by atoms with Crippen molar-refractivity contribution in [3.05, 3.63) is 64.2 Å². The van der Waals surface area contributed by atoms with Gasteiger partial charge in [-0.3, -0.25) is 18.7 Å². The summed E-state index contributed by atoms with van der Waals surface area (Å²) in [6, 6.07) is 10.6. The van der Waals surface area contributed by atoms with Gasteiger partial charge in [-0.1, -0.05) is 18.2 Å². The van der Waals surface area contributed by atoms with Gasteiger partial charge in [0.2, 0.25) is 5.78 Å². The van der Waals surface area contributed by atoms with E-state index in [9.17, 15) is 23.9 Å². The molecule has 114 valence electrons. The standard InChI is InChI=1S/C15H9N2O5P/c18-13-8-4-1-2-6-10(8)17-14(13)16-9-5-3-7-11(23(20,21)22)12(9)15(17)19/h1-7H,(H2,20,21,22). The second-order valence-electron chi connectivity index (χ2n) is 5.14. The minimum absolute atomic E-state index is 0.0495. The molecule has 2 heterocycles. The Morgan fingerprint density at radius 1 is 1.00 bits per heavy atom. The summed E-state index contributed by atoms with van der Waals surface area (Å²) in [5, 5.41) is -0.561. The van der Waals surface area contributed by atoms with Crippen LogP contribution in [0.5, 0.6) is 0 Å². The number of ketones is 1. The van der Waals surface area contributed by atoms with Gasteiger partial charge in [0, 0.05) is 0 Å². The van der Waals surface area contributed by atoms with Gasteiger partial charge in [0.15, 0.2) is 5.82 Å². The molecule has 1 aliphatic rings. The van der Waals surface area contributed by atoms with Crippen LogP contribution >= 0.6 is 7.60 Å². The molecule has 2 N–H and O–H groups in total. The second kappa shape index (κ2) is 4.45. The van der Waals surface area contributed by atoms with Crippen molar-refractivity contribution >= 4 is 29.6 Å². The highest BCUT2D eigenvalue weighted by Crippen LogP contribution is 2.35. The van der Waals surface area contributed by atoms with E-state index < -0.39 is 13.2 Å². The Kier molecular flexibility index (Phi) is 2.72. The maximum absolute atomic E-state index is 12.8. The lowest BCUT2D eigenvalue weighted by Gasteiger charge is -2.10. The number of nitrogens with zero attached hydrogens (tertiary/aromatic N) is 2. The number of para-hydroxylation sites is 1. The number of carbonyl (C=O) groups is 1. The van der Waals surface area contributed by atoms with Crippen LogP contribution < -0.4 is 10.9 Å². The van der Waals surface area contributed by atoms with Gasteiger partial charge < -0.3 is 9.79 Å². The fourth-order valence-corrected chi connectivity index (χ4v) is 3.59. The van der Waals surface area contributed by atoms with E-state index in [1.54, 1.807) is 24.3 Å².